The summed E-state index contributed by atoms with van der Waals surface area (Å²) in [5, 5.41) is 7.68. The lowest BCUT2D eigenvalue weighted by atomic mass is 10.1. The van der Waals surface area contributed by atoms with Crippen LogP contribution in [0.5, 0.6) is 0 Å². The summed E-state index contributed by atoms with van der Waals surface area (Å²) in [6.45, 7) is 8.38. The van der Waals surface area contributed by atoms with Crippen LogP contribution in [0, 0.1) is 0 Å². The number of pyridine rings is 1. The van der Waals surface area contributed by atoms with Crippen molar-refractivity contribution >= 4 is 23.1 Å². The van der Waals surface area contributed by atoms with Crippen LogP contribution in [-0.2, 0) is 12.1 Å². The molecule has 2 aromatic heterocycles. The van der Waals surface area contributed by atoms with Crippen molar-refractivity contribution in [2.75, 3.05) is 23.3 Å². The van der Waals surface area contributed by atoms with Gasteiger partial charge in [-0.1, -0.05) is 17.7 Å². The highest BCUT2D eigenvalue weighted by molar-refractivity contribution is 6.32. The number of nitrogens with zero attached hydrogens (tertiary/aromatic N) is 4. The number of halogens is 1. The Kier molecular flexibility index (Phi) is 5.51. The van der Waals surface area contributed by atoms with Crippen LogP contribution in [-0.4, -0.2) is 27.9 Å². The van der Waals surface area contributed by atoms with Gasteiger partial charge >= 0.3 is 0 Å². The highest BCUT2D eigenvalue weighted by Crippen LogP contribution is 2.24. The van der Waals surface area contributed by atoms with Crippen LogP contribution in [0.2, 0.25) is 5.02 Å². The van der Waals surface area contributed by atoms with E-state index in [9.17, 15) is 4.79 Å². The molecule has 0 atom stereocenters. The van der Waals surface area contributed by atoms with Crippen LogP contribution >= 0.6 is 11.6 Å². The Hall–Kier alpha value is -2.08. The lowest BCUT2D eigenvalue weighted by molar-refractivity contribution is 0.338. The normalized spacial score (nSPS) is 15.2. The van der Waals surface area contributed by atoms with E-state index in [1.54, 1.807) is 6.20 Å². The molecule has 0 radical (unpaired) electrons. The van der Waals surface area contributed by atoms with E-state index in [1.807, 2.05) is 33.0 Å². The smallest absolute Gasteiger partial charge is 0.288 e. The summed E-state index contributed by atoms with van der Waals surface area (Å²) in [5.74, 6) is 1.01. The zero-order valence-electron chi connectivity index (χ0n) is 15.6. The quantitative estimate of drug-likeness (QED) is 0.883. The average Bonchev–Trinajstić information content (AvgIpc) is 2.63. The molecule has 2 aromatic rings. The van der Waals surface area contributed by atoms with Crippen molar-refractivity contribution in [1.82, 2.24) is 14.8 Å². The number of nitrogens with one attached hydrogen (secondary N) is 1. The Morgan fingerprint density at radius 1 is 1.23 bits per heavy atom. The number of anilines is 2. The van der Waals surface area contributed by atoms with Crippen molar-refractivity contribution in [2.45, 2.75) is 52.1 Å². The fraction of sp³-hybridized carbons (Fsp3) is 0.526. The van der Waals surface area contributed by atoms with E-state index >= 15 is 0 Å². The maximum atomic E-state index is 12.5. The van der Waals surface area contributed by atoms with Gasteiger partial charge in [0.25, 0.3) is 5.56 Å². The van der Waals surface area contributed by atoms with E-state index in [0.717, 1.165) is 24.5 Å². The molecule has 140 valence electrons. The summed E-state index contributed by atoms with van der Waals surface area (Å²) < 4.78 is 1.41. The molecule has 0 unspecified atom stereocenters. The van der Waals surface area contributed by atoms with Gasteiger partial charge in [-0.15, -0.1) is 0 Å². The van der Waals surface area contributed by atoms with Gasteiger partial charge in [-0.05, 0) is 46.1 Å². The highest BCUT2D eigenvalue weighted by atomic mass is 35.5. The molecule has 0 amide bonds. The third-order valence-corrected chi connectivity index (χ3v) is 4.91. The molecule has 26 heavy (non-hydrogen) atoms. The Morgan fingerprint density at radius 2 is 1.96 bits per heavy atom. The average molecular weight is 376 g/mol. The first-order chi connectivity index (χ1) is 12.4. The number of piperidine rings is 1. The molecule has 1 aliphatic heterocycles. The second kappa shape index (κ2) is 7.66. The van der Waals surface area contributed by atoms with Crippen molar-refractivity contribution in [3.8, 4) is 0 Å². The van der Waals surface area contributed by atoms with Gasteiger partial charge in [-0.25, -0.2) is 9.67 Å². The highest BCUT2D eigenvalue weighted by Gasteiger charge is 2.20. The molecule has 0 spiro atoms. The molecule has 3 heterocycles. The van der Waals surface area contributed by atoms with Crippen LogP contribution in [0.4, 0.5) is 11.5 Å². The van der Waals surface area contributed by atoms with Crippen LogP contribution < -0.4 is 15.8 Å². The second-order valence-electron chi connectivity index (χ2n) is 7.65. The van der Waals surface area contributed by atoms with Gasteiger partial charge in [0.15, 0.2) is 0 Å². The minimum absolute atomic E-state index is 0.165. The van der Waals surface area contributed by atoms with Crippen molar-refractivity contribution < 1.29 is 0 Å². The Bertz CT molecular complexity index is 821. The predicted molar refractivity (Wildman–Crippen MR) is 106 cm³/mol. The number of rotatable bonds is 4. The molecule has 6 nitrogen and oxygen atoms in total. The van der Waals surface area contributed by atoms with E-state index in [1.165, 1.54) is 23.9 Å². The first kappa shape index (κ1) is 18.7. The minimum atomic E-state index is -0.413. The standard InChI is InChI=1S/C19H26ClN5O/c1-19(2,3)25-18(26)16(20)15(13-23-25)22-12-14-8-7-9-21-17(14)24-10-5-4-6-11-24/h7-9,13,22H,4-6,10-12H2,1-3H3. The maximum Gasteiger partial charge on any atom is 0.288 e. The number of hydrogen-bond donors (Lipinski definition) is 1. The van der Waals surface area contributed by atoms with Crippen molar-refractivity contribution in [3.05, 3.63) is 45.5 Å². The molecule has 0 aliphatic carbocycles. The van der Waals surface area contributed by atoms with E-state index in [0.29, 0.717) is 12.2 Å². The molecule has 0 bridgehead atoms. The summed E-state index contributed by atoms with van der Waals surface area (Å²) in [6, 6.07) is 3.99. The fourth-order valence-electron chi connectivity index (χ4n) is 3.18. The summed E-state index contributed by atoms with van der Waals surface area (Å²) >= 11 is 6.30. The summed E-state index contributed by atoms with van der Waals surface area (Å²) in [6.07, 6.45) is 7.12. The van der Waals surface area contributed by atoms with Gasteiger partial charge in [0.2, 0.25) is 0 Å². The minimum Gasteiger partial charge on any atom is -0.378 e. The van der Waals surface area contributed by atoms with Crippen LogP contribution in [0.25, 0.3) is 0 Å². The predicted octanol–water partition coefficient (Wildman–Crippen LogP) is 3.65. The van der Waals surface area contributed by atoms with Gasteiger partial charge in [0.1, 0.15) is 10.8 Å². The molecule has 7 heteroatoms. The second-order valence-corrected chi connectivity index (χ2v) is 8.03. The van der Waals surface area contributed by atoms with E-state index in [-0.39, 0.29) is 10.6 Å². The Morgan fingerprint density at radius 3 is 2.65 bits per heavy atom. The molecule has 1 aliphatic rings. The number of hydrogen-bond acceptors (Lipinski definition) is 5. The number of aromatic nitrogens is 3. The third-order valence-electron chi connectivity index (χ3n) is 4.55. The zero-order valence-corrected chi connectivity index (χ0v) is 16.4. The van der Waals surface area contributed by atoms with Crippen molar-refractivity contribution in [2.24, 2.45) is 0 Å². The zero-order chi connectivity index (χ0) is 18.7. The van der Waals surface area contributed by atoms with Gasteiger partial charge in [0, 0.05) is 31.4 Å². The Labute approximate surface area is 159 Å². The lowest BCUT2D eigenvalue weighted by Gasteiger charge is -2.29. The van der Waals surface area contributed by atoms with Crippen LogP contribution in [0.1, 0.15) is 45.6 Å². The monoisotopic (exact) mass is 375 g/mol. The van der Waals surface area contributed by atoms with Gasteiger partial charge in [-0.3, -0.25) is 4.79 Å². The first-order valence-electron chi connectivity index (χ1n) is 9.09. The van der Waals surface area contributed by atoms with Crippen molar-refractivity contribution in [1.29, 1.82) is 0 Å². The summed E-state index contributed by atoms with van der Waals surface area (Å²) in [7, 11) is 0. The molecular formula is C19H26ClN5O. The van der Waals surface area contributed by atoms with E-state index in [4.69, 9.17) is 11.6 Å². The summed E-state index contributed by atoms with van der Waals surface area (Å²) in [5.41, 5.74) is 0.937. The molecular weight excluding hydrogens is 350 g/mol. The van der Waals surface area contributed by atoms with Gasteiger partial charge in [-0.2, -0.15) is 5.10 Å². The SMILES string of the molecule is CC(C)(C)n1ncc(NCc2cccnc2N2CCCCC2)c(Cl)c1=O. The third kappa shape index (κ3) is 4.01. The van der Waals surface area contributed by atoms with E-state index in [2.05, 4.69) is 26.4 Å². The van der Waals surface area contributed by atoms with Gasteiger partial charge < -0.3 is 10.2 Å². The first-order valence-corrected chi connectivity index (χ1v) is 9.47. The topological polar surface area (TPSA) is 63.1 Å². The van der Waals surface area contributed by atoms with Crippen molar-refractivity contribution in [3.63, 3.8) is 0 Å². The molecule has 0 aromatic carbocycles. The van der Waals surface area contributed by atoms with E-state index < -0.39 is 5.54 Å². The fourth-order valence-corrected chi connectivity index (χ4v) is 3.38. The maximum absolute atomic E-state index is 12.5. The molecule has 1 fully saturated rings. The summed E-state index contributed by atoms with van der Waals surface area (Å²) in [4.78, 5) is 19.4. The van der Waals surface area contributed by atoms with Gasteiger partial charge in [0.05, 0.1) is 17.4 Å². The molecule has 0 saturated carbocycles. The molecule has 1 N–H and O–H groups in total. The van der Waals surface area contributed by atoms with Crippen LogP contribution in [0.3, 0.4) is 0 Å². The Balaban J connectivity index is 1.80. The lowest BCUT2D eigenvalue weighted by Crippen LogP contribution is -2.36. The molecule has 3 rings (SSSR count). The largest absolute Gasteiger partial charge is 0.378 e. The van der Waals surface area contributed by atoms with Crippen LogP contribution in [0.15, 0.2) is 29.3 Å². The molecule has 1 saturated heterocycles.